The minimum Gasteiger partial charge on any atom is -0.484 e. The van der Waals surface area contributed by atoms with Crippen molar-refractivity contribution >= 4 is 11.7 Å². The number of hydrogen-bond donors (Lipinski definition) is 1. The number of nitrogens with zero attached hydrogens (tertiary/aromatic N) is 2. The summed E-state index contributed by atoms with van der Waals surface area (Å²) < 4.78 is 19.9. The molecule has 25 heavy (non-hydrogen) atoms. The summed E-state index contributed by atoms with van der Waals surface area (Å²) in [5.41, 5.74) is 2.33. The number of halogens is 1. The predicted molar refractivity (Wildman–Crippen MR) is 93.0 cm³/mol. The van der Waals surface area contributed by atoms with E-state index in [1.165, 1.54) is 29.8 Å². The zero-order chi connectivity index (χ0) is 17.6. The Kier molecular flexibility index (Phi) is 5.09. The van der Waals surface area contributed by atoms with E-state index < -0.39 is 0 Å². The number of anilines is 1. The van der Waals surface area contributed by atoms with Crippen LogP contribution in [0.3, 0.4) is 0 Å². The van der Waals surface area contributed by atoms with Crippen molar-refractivity contribution in [3.05, 3.63) is 77.7 Å². The molecule has 1 N–H and O–H groups in total. The molecule has 0 spiro atoms. The molecule has 1 amide bonds. The first-order valence-corrected chi connectivity index (χ1v) is 7.86. The van der Waals surface area contributed by atoms with Gasteiger partial charge in [0.15, 0.2) is 12.4 Å². The van der Waals surface area contributed by atoms with E-state index >= 15 is 0 Å². The molecular weight excluding hydrogens is 321 g/mol. The molecule has 2 aromatic carbocycles. The van der Waals surface area contributed by atoms with Crippen LogP contribution in [0.15, 0.2) is 60.8 Å². The molecule has 0 fully saturated rings. The molecule has 128 valence electrons. The SMILES string of the molecule is Cc1cccc(Cn2ccc(NC(=O)COc3ccc(F)cc3)n2)c1. The summed E-state index contributed by atoms with van der Waals surface area (Å²) in [5.74, 6) is 0.211. The number of nitrogens with one attached hydrogen (secondary N) is 1. The van der Waals surface area contributed by atoms with Crippen LogP contribution in [-0.2, 0) is 11.3 Å². The molecule has 0 aliphatic heterocycles. The molecule has 1 heterocycles. The van der Waals surface area contributed by atoms with E-state index in [2.05, 4.69) is 16.5 Å². The lowest BCUT2D eigenvalue weighted by atomic mass is 10.1. The first kappa shape index (κ1) is 16.7. The Balaban J connectivity index is 1.52. The highest BCUT2D eigenvalue weighted by molar-refractivity contribution is 5.90. The molecule has 0 atom stereocenters. The second-order valence-corrected chi connectivity index (χ2v) is 5.68. The van der Waals surface area contributed by atoms with Crippen LogP contribution in [-0.4, -0.2) is 22.3 Å². The van der Waals surface area contributed by atoms with Crippen molar-refractivity contribution in [2.75, 3.05) is 11.9 Å². The van der Waals surface area contributed by atoms with Gasteiger partial charge >= 0.3 is 0 Å². The zero-order valence-corrected chi connectivity index (χ0v) is 13.8. The normalized spacial score (nSPS) is 10.5. The topological polar surface area (TPSA) is 56.2 Å². The summed E-state index contributed by atoms with van der Waals surface area (Å²) in [6.45, 7) is 2.50. The van der Waals surface area contributed by atoms with Crippen LogP contribution in [0.2, 0.25) is 0 Å². The van der Waals surface area contributed by atoms with E-state index in [9.17, 15) is 9.18 Å². The van der Waals surface area contributed by atoms with E-state index in [1.54, 1.807) is 16.9 Å². The van der Waals surface area contributed by atoms with Crippen LogP contribution in [0.1, 0.15) is 11.1 Å². The van der Waals surface area contributed by atoms with Gasteiger partial charge in [-0.25, -0.2) is 4.39 Å². The van der Waals surface area contributed by atoms with Crippen molar-refractivity contribution in [2.45, 2.75) is 13.5 Å². The maximum Gasteiger partial charge on any atom is 0.263 e. The van der Waals surface area contributed by atoms with E-state index in [0.29, 0.717) is 18.1 Å². The van der Waals surface area contributed by atoms with Crippen molar-refractivity contribution in [2.24, 2.45) is 0 Å². The quantitative estimate of drug-likeness (QED) is 0.749. The molecule has 1 aromatic heterocycles. The molecule has 0 bridgehead atoms. The highest BCUT2D eigenvalue weighted by Gasteiger charge is 2.07. The number of benzene rings is 2. The van der Waals surface area contributed by atoms with E-state index in [4.69, 9.17) is 4.74 Å². The fourth-order valence-electron chi connectivity index (χ4n) is 2.37. The largest absolute Gasteiger partial charge is 0.484 e. The Labute approximate surface area is 145 Å². The van der Waals surface area contributed by atoms with Gasteiger partial charge in [0, 0.05) is 12.3 Å². The smallest absolute Gasteiger partial charge is 0.263 e. The van der Waals surface area contributed by atoms with Crippen molar-refractivity contribution in [1.29, 1.82) is 0 Å². The molecule has 0 saturated carbocycles. The van der Waals surface area contributed by atoms with Gasteiger partial charge in [-0.15, -0.1) is 0 Å². The van der Waals surface area contributed by atoms with Crippen LogP contribution in [0, 0.1) is 12.7 Å². The number of hydrogen-bond acceptors (Lipinski definition) is 3. The Hall–Kier alpha value is -3.15. The monoisotopic (exact) mass is 339 g/mol. The fraction of sp³-hybridized carbons (Fsp3) is 0.158. The van der Waals surface area contributed by atoms with Gasteiger partial charge in [0.25, 0.3) is 5.91 Å². The second kappa shape index (κ2) is 7.61. The van der Waals surface area contributed by atoms with Gasteiger partial charge in [0.2, 0.25) is 0 Å². The summed E-state index contributed by atoms with van der Waals surface area (Å²) >= 11 is 0. The van der Waals surface area contributed by atoms with Crippen LogP contribution < -0.4 is 10.1 Å². The standard InChI is InChI=1S/C19H18FN3O2/c1-14-3-2-4-15(11-14)12-23-10-9-18(22-23)21-19(24)13-25-17-7-5-16(20)6-8-17/h2-11H,12-13H2,1H3,(H,21,22,24). The number of rotatable bonds is 6. The number of aromatic nitrogens is 2. The van der Waals surface area contributed by atoms with Gasteiger partial charge in [0.1, 0.15) is 11.6 Å². The van der Waals surface area contributed by atoms with Crippen molar-refractivity contribution in [3.8, 4) is 5.75 Å². The first-order chi connectivity index (χ1) is 12.1. The molecule has 0 saturated heterocycles. The van der Waals surface area contributed by atoms with Crippen LogP contribution in [0.25, 0.3) is 0 Å². The molecule has 0 aliphatic carbocycles. The maximum absolute atomic E-state index is 12.8. The number of aryl methyl sites for hydroxylation is 1. The third-order valence-corrected chi connectivity index (χ3v) is 3.52. The van der Waals surface area contributed by atoms with Crippen LogP contribution in [0.5, 0.6) is 5.75 Å². The Morgan fingerprint density at radius 1 is 1.20 bits per heavy atom. The lowest BCUT2D eigenvalue weighted by Crippen LogP contribution is -2.20. The van der Waals surface area contributed by atoms with Gasteiger partial charge in [-0.2, -0.15) is 5.10 Å². The highest BCUT2D eigenvalue weighted by atomic mass is 19.1. The van der Waals surface area contributed by atoms with Gasteiger partial charge in [-0.3, -0.25) is 9.48 Å². The van der Waals surface area contributed by atoms with Gasteiger partial charge in [0.05, 0.1) is 6.54 Å². The number of carbonyl (C=O) groups excluding carboxylic acids is 1. The lowest BCUT2D eigenvalue weighted by Gasteiger charge is -2.06. The van der Waals surface area contributed by atoms with Crippen LogP contribution >= 0.6 is 0 Å². The van der Waals surface area contributed by atoms with Crippen LogP contribution in [0.4, 0.5) is 10.2 Å². The molecule has 3 aromatic rings. The van der Waals surface area contributed by atoms with E-state index in [-0.39, 0.29) is 18.3 Å². The summed E-state index contributed by atoms with van der Waals surface area (Å²) in [6, 6.07) is 15.4. The average Bonchev–Trinajstić information content (AvgIpc) is 3.01. The van der Waals surface area contributed by atoms with Gasteiger partial charge in [-0.05, 0) is 36.8 Å². The first-order valence-electron chi connectivity index (χ1n) is 7.86. The molecule has 0 aliphatic rings. The molecule has 5 nitrogen and oxygen atoms in total. The lowest BCUT2D eigenvalue weighted by molar-refractivity contribution is -0.118. The number of amides is 1. The van der Waals surface area contributed by atoms with Crippen molar-refractivity contribution in [1.82, 2.24) is 9.78 Å². The van der Waals surface area contributed by atoms with Crippen molar-refractivity contribution in [3.63, 3.8) is 0 Å². The summed E-state index contributed by atoms with van der Waals surface area (Å²) in [6.07, 6.45) is 1.80. The van der Waals surface area contributed by atoms with E-state index in [1.807, 2.05) is 25.1 Å². The third kappa shape index (κ3) is 4.91. The predicted octanol–water partition coefficient (Wildman–Crippen LogP) is 3.40. The van der Waals surface area contributed by atoms with Gasteiger partial charge in [-0.1, -0.05) is 29.8 Å². The summed E-state index contributed by atoms with van der Waals surface area (Å²) in [5, 5.41) is 6.99. The zero-order valence-electron chi connectivity index (χ0n) is 13.8. The summed E-state index contributed by atoms with van der Waals surface area (Å²) in [7, 11) is 0. The third-order valence-electron chi connectivity index (χ3n) is 3.52. The minimum absolute atomic E-state index is 0.170. The number of ether oxygens (including phenoxy) is 1. The Morgan fingerprint density at radius 2 is 2.00 bits per heavy atom. The number of carbonyl (C=O) groups is 1. The van der Waals surface area contributed by atoms with E-state index in [0.717, 1.165) is 5.56 Å². The fourth-order valence-corrected chi connectivity index (χ4v) is 2.37. The van der Waals surface area contributed by atoms with Crippen molar-refractivity contribution < 1.29 is 13.9 Å². The molecule has 3 rings (SSSR count). The second-order valence-electron chi connectivity index (χ2n) is 5.68. The Morgan fingerprint density at radius 3 is 2.76 bits per heavy atom. The molecule has 0 unspecified atom stereocenters. The maximum atomic E-state index is 12.8. The average molecular weight is 339 g/mol. The molecule has 0 radical (unpaired) electrons. The molecule has 6 heteroatoms. The Bertz CT molecular complexity index is 859. The summed E-state index contributed by atoms with van der Waals surface area (Å²) in [4.78, 5) is 11.9. The molecular formula is C19H18FN3O2. The van der Waals surface area contributed by atoms with Gasteiger partial charge < -0.3 is 10.1 Å². The highest BCUT2D eigenvalue weighted by Crippen LogP contribution is 2.11. The minimum atomic E-state index is -0.351.